The zero-order valence-corrected chi connectivity index (χ0v) is 8.91. The SMILES string of the molecule is CCCc1nnn(CC(C)(C)C)n1. The highest BCUT2D eigenvalue weighted by atomic mass is 15.6. The van der Waals surface area contributed by atoms with Crippen LogP contribution < -0.4 is 0 Å². The van der Waals surface area contributed by atoms with Gasteiger partial charge in [-0.1, -0.05) is 27.7 Å². The summed E-state index contributed by atoms with van der Waals surface area (Å²) in [5, 5.41) is 12.2. The van der Waals surface area contributed by atoms with E-state index in [0.717, 1.165) is 25.2 Å². The van der Waals surface area contributed by atoms with Crippen molar-refractivity contribution in [3.63, 3.8) is 0 Å². The molecule has 0 N–H and O–H groups in total. The summed E-state index contributed by atoms with van der Waals surface area (Å²) in [5.74, 6) is 0.853. The van der Waals surface area contributed by atoms with Crippen LogP contribution in [0.15, 0.2) is 0 Å². The van der Waals surface area contributed by atoms with Gasteiger partial charge >= 0.3 is 0 Å². The molecule has 4 nitrogen and oxygen atoms in total. The summed E-state index contributed by atoms with van der Waals surface area (Å²) < 4.78 is 0. The molecule has 13 heavy (non-hydrogen) atoms. The van der Waals surface area contributed by atoms with Crippen LogP contribution in [0.25, 0.3) is 0 Å². The van der Waals surface area contributed by atoms with Crippen molar-refractivity contribution in [2.75, 3.05) is 0 Å². The van der Waals surface area contributed by atoms with Crippen LogP contribution in [0.2, 0.25) is 0 Å². The molecule has 0 saturated carbocycles. The van der Waals surface area contributed by atoms with Gasteiger partial charge in [0.1, 0.15) is 0 Å². The predicted molar refractivity (Wildman–Crippen MR) is 51.3 cm³/mol. The molecule has 0 spiro atoms. The minimum atomic E-state index is 0.212. The molecule has 0 unspecified atom stereocenters. The second kappa shape index (κ2) is 3.85. The number of rotatable bonds is 3. The zero-order chi connectivity index (χ0) is 9.90. The molecule has 74 valence electrons. The highest BCUT2D eigenvalue weighted by molar-refractivity contribution is 4.76. The smallest absolute Gasteiger partial charge is 0.164 e. The molecule has 0 aliphatic rings. The van der Waals surface area contributed by atoms with Gasteiger partial charge in [-0.15, -0.1) is 10.2 Å². The zero-order valence-electron chi connectivity index (χ0n) is 8.91. The fourth-order valence-electron chi connectivity index (χ4n) is 1.09. The third-order valence-electron chi connectivity index (χ3n) is 1.58. The average Bonchev–Trinajstić information content (AvgIpc) is 2.33. The van der Waals surface area contributed by atoms with E-state index >= 15 is 0 Å². The van der Waals surface area contributed by atoms with E-state index in [2.05, 4.69) is 43.1 Å². The predicted octanol–water partition coefficient (Wildman–Crippen LogP) is 1.67. The van der Waals surface area contributed by atoms with Gasteiger partial charge in [-0.25, -0.2) is 0 Å². The maximum Gasteiger partial charge on any atom is 0.174 e. The minimum absolute atomic E-state index is 0.212. The van der Waals surface area contributed by atoms with E-state index in [-0.39, 0.29) is 5.41 Å². The van der Waals surface area contributed by atoms with Crippen molar-refractivity contribution >= 4 is 0 Å². The van der Waals surface area contributed by atoms with Gasteiger partial charge in [0.25, 0.3) is 0 Å². The molecule has 0 aliphatic carbocycles. The summed E-state index contributed by atoms with van der Waals surface area (Å²) in [5.41, 5.74) is 0.212. The highest BCUT2D eigenvalue weighted by Gasteiger charge is 2.13. The van der Waals surface area contributed by atoms with Crippen molar-refractivity contribution in [1.82, 2.24) is 20.2 Å². The molecule has 0 aliphatic heterocycles. The van der Waals surface area contributed by atoms with Crippen LogP contribution in [0.1, 0.15) is 39.9 Å². The molecule has 1 aromatic heterocycles. The van der Waals surface area contributed by atoms with Gasteiger partial charge in [0.05, 0.1) is 6.54 Å². The molecule has 0 bridgehead atoms. The first-order chi connectivity index (χ1) is 6.01. The molecular weight excluding hydrogens is 164 g/mol. The minimum Gasteiger partial charge on any atom is -0.164 e. The largest absolute Gasteiger partial charge is 0.174 e. The molecule has 1 heterocycles. The van der Waals surface area contributed by atoms with E-state index < -0.39 is 0 Å². The van der Waals surface area contributed by atoms with Gasteiger partial charge in [0.15, 0.2) is 5.82 Å². The Balaban J connectivity index is 2.59. The maximum atomic E-state index is 4.28. The van der Waals surface area contributed by atoms with Gasteiger partial charge < -0.3 is 0 Å². The van der Waals surface area contributed by atoms with Crippen LogP contribution in [-0.4, -0.2) is 20.2 Å². The van der Waals surface area contributed by atoms with Crippen molar-refractivity contribution in [1.29, 1.82) is 0 Å². The maximum absolute atomic E-state index is 4.28. The first-order valence-electron chi connectivity index (χ1n) is 4.78. The van der Waals surface area contributed by atoms with Gasteiger partial charge in [0.2, 0.25) is 0 Å². The van der Waals surface area contributed by atoms with E-state index in [4.69, 9.17) is 0 Å². The molecular formula is C9H18N4. The number of hydrogen-bond acceptors (Lipinski definition) is 3. The van der Waals surface area contributed by atoms with E-state index in [0.29, 0.717) is 0 Å². The van der Waals surface area contributed by atoms with Crippen LogP contribution in [-0.2, 0) is 13.0 Å². The van der Waals surface area contributed by atoms with Crippen molar-refractivity contribution < 1.29 is 0 Å². The highest BCUT2D eigenvalue weighted by Crippen LogP contribution is 2.14. The van der Waals surface area contributed by atoms with Gasteiger partial charge in [-0.3, -0.25) is 0 Å². The Morgan fingerprint density at radius 1 is 1.31 bits per heavy atom. The number of aromatic nitrogens is 4. The summed E-state index contributed by atoms with van der Waals surface area (Å²) in [4.78, 5) is 1.69. The van der Waals surface area contributed by atoms with Crippen molar-refractivity contribution in [3.05, 3.63) is 5.82 Å². The molecule has 0 saturated heterocycles. The summed E-state index contributed by atoms with van der Waals surface area (Å²) in [7, 11) is 0. The Labute approximate surface area is 79.3 Å². The lowest BCUT2D eigenvalue weighted by Gasteiger charge is -2.15. The van der Waals surface area contributed by atoms with Crippen molar-refractivity contribution in [2.24, 2.45) is 5.41 Å². The Bertz CT molecular complexity index is 259. The number of aryl methyl sites for hydroxylation is 1. The van der Waals surface area contributed by atoms with Crippen LogP contribution in [0, 0.1) is 5.41 Å². The second-order valence-corrected chi connectivity index (χ2v) is 4.55. The molecule has 0 aromatic carbocycles. The fraction of sp³-hybridized carbons (Fsp3) is 0.889. The fourth-order valence-corrected chi connectivity index (χ4v) is 1.09. The molecule has 0 atom stereocenters. The second-order valence-electron chi connectivity index (χ2n) is 4.55. The number of nitrogens with zero attached hydrogens (tertiary/aromatic N) is 4. The summed E-state index contributed by atoms with van der Waals surface area (Å²) in [6.45, 7) is 9.43. The van der Waals surface area contributed by atoms with E-state index in [1.165, 1.54) is 0 Å². The van der Waals surface area contributed by atoms with Crippen LogP contribution >= 0.6 is 0 Å². The van der Waals surface area contributed by atoms with Crippen molar-refractivity contribution in [2.45, 2.75) is 47.1 Å². The first kappa shape index (κ1) is 10.2. The molecule has 0 amide bonds. The molecule has 1 aromatic rings. The molecule has 0 fully saturated rings. The standard InChI is InChI=1S/C9H18N4/c1-5-6-8-10-12-13(11-8)7-9(2,3)4/h5-7H2,1-4H3. The lowest BCUT2D eigenvalue weighted by atomic mass is 9.97. The number of tetrazole rings is 1. The first-order valence-corrected chi connectivity index (χ1v) is 4.78. The van der Waals surface area contributed by atoms with Crippen molar-refractivity contribution in [3.8, 4) is 0 Å². The summed E-state index contributed by atoms with van der Waals surface area (Å²) >= 11 is 0. The number of hydrogen-bond donors (Lipinski definition) is 0. The van der Waals surface area contributed by atoms with Crippen LogP contribution in [0.4, 0.5) is 0 Å². The van der Waals surface area contributed by atoms with Crippen LogP contribution in [0.5, 0.6) is 0 Å². The topological polar surface area (TPSA) is 43.6 Å². The molecule has 4 heteroatoms. The monoisotopic (exact) mass is 182 g/mol. The normalized spacial score (nSPS) is 12.0. The third-order valence-corrected chi connectivity index (χ3v) is 1.58. The Hall–Kier alpha value is -0.930. The molecule has 1 rings (SSSR count). The third kappa shape index (κ3) is 3.53. The lowest BCUT2D eigenvalue weighted by molar-refractivity contribution is 0.299. The van der Waals surface area contributed by atoms with E-state index in [1.807, 2.05) is 0 Å². The van der Waals surface area contributed by atoms with Gasteiger partial charge in [-0.2, -0.15) is 4.80 Å². The molecule has 0 radical (unpaired) electrons. The quantitative estimate of drug-likeness (QED) is 0.714. The van der Waals surface area contributed by atoms with Gasteiger partial charge in [0, 0.05) is 6.42 Å². The average molecular weight is 182 g/mol. The van der Waals surface area contributed by atoms with E-state index in [9.17, 15) is 0 Å². The Morgan fingerprint density at radius 3 is 2.54 bits per heavy atom. The van der Waals surface area contributed by atoms with Crippen LogP contribution in [0.3, 0.4) is 0 Å². The lowest BCUT2D eigenvalue weighted by Crippen LogP contribution is -2.17. The van der Waals surface area contributed by atoms with Gasteiger partial charge in [-0.05, 0) is 17.0 Å². The summed E-state index contributed by atoms with van der Waals surface area (Å²) in [6, 6.07) is 0. The Morgan fingerprint density at radius 2 is 2.00 bits per heavy atom. The van der Waals surface area contributed by atoms with E-state index in [1.54, 1.807) is 4.80 Å². The Kier molecular flexibility index (Phi) is 3.01. The summed E-state index contributed by atoms with van der Waals surface area (Å²) in [6.07, 6.45) is 1.99.